The maximum atomic E-state index is 10.2. The smallest absolute Gasteiger partial charge is 0.302 e. The summed E-state index contributed by atoms with van der Waals surface area (Å²) in [5.41, 5.74) is 0. The van der Waals surface area contributed by atoms with Crippen molar-refractivity contribution in [1.29, 1.82) is 0 Å². The van der Waals surface area contributed by atoms with Gasteiger partial charge >= 0.3 is 11.9 Å². The average molecular weight is 264 g/mol. The number of carbonyl (C=O) groups is 2. The summed E-state index contributed by atoms with van der Waals surface area (Å²) < 4.78 is 9.26. The van der Waals surface area contributed by atoms with Gasteiger partial charge < -0.3 is 19.7 Å². The molecule has 0 aromatic rings. The first-order valence-corrected chi connectivity index (χ1v) is 5.89. The van der Waals surface area contributed by atoms with Gasteiger partial charge in [0, 0.05) is 26.4 Å². The van der Waals surface area contributed by atoms with Crippen LogP contribution < -0.4 is 0 Å². The summed E-state index contributed by atoms with van der Waals surface area (Å²) in [5, 5.41) is 17.0. The van der Waals surface area contributed by atoms with Crippen LogP contribution in [0.3, 0.4) is 0 Å². The van der Waals surface area contributed by atoms with Gasteiger partial charge in [-0.15, -0.1) is 0 Å². The standard InChI is InChI=1S/2C6H12O3/c1-5(3-7)4-9-6(2)8;1-3-6(4-7)9-5(2)8/h5,7H,3-4H2,1-2H3;6-7H,3-4H2,1-2H3. The second-order valence-corrected chi connectivity index (χ2v) is 3.91. The molecule has 2 atom stereocenters. The highest BCUT2D eigenvalue weighted by molar-refractivity contribution is 5.66. The molecule has 2 N–H and O–H groups in total. The lowest BCUT2D eigenvalue weighted by Crippen LogP contribution is -2.18. The topological polar surface area (TPSA) is 93.1 Å². The molecule has 0 aromatic heterocycles. The van der Waals surface area contributed by atoms with E-state index < -0.39 is 0 Å². The molecule has 0 saturated heterocycles. The molecule has 0 aliphatic carbocycles. The Hall–Kier alpha value is -1.14. The van der Waals surface area contributed by atoms with E-state index in [0.29, 0.717) is 13.0 Å². The molecule has 0 aliphatic heterocycles. The molecule has 0 bridgehead atoms. The van der Waals surface area contributed by atoms with Gasteiger partial charge in [-0.1, -0.05) is 13.8 Å². The zero-order valence-electron chi connectivity index (χ0n) is 11.5. The molecule has 6 heteroatoms. The van der Waals surface area contributed by atoms with Crippen molar-refractivity contribution in [3.8, 4) is 0 Å². The van der Waals surface area contributed by atoms with Crippen molar-refractivity contribution in [1.82, 2.24) is 0 Å². The molecular weight excluding hydrogens is 240 g/mol. The number of ether oxygens (including phenoxy) is 2. The van der Waals surface area contributed by atoms with E-state index in [0.717, 1.165) is 0 Å². The van der Waals surface area contributed by atoms with Crippen LogP contribution in [0.2, 0.25) is 0 Å². The second-order valence-electron chi connectivity index (χ2n) is 3.91. The number of rotatable bonds is 6. The lowest BCUT2D eigenvalue weighted by atomic mass is 10.2. The van der Waals surface area contributed by atoms with Crippen molar-refractivity contribution in [3.63, 3.8) is 0 Å². The Morgan fingerprint density at radius 3 is 1.89 bits per heavy atom. The summed E-state index contributed by atoms with van der Waals surface area (Å²) in [6.07, 6.45) is 0.346. The molecule has 0 rings (SSSR count). The van der Waals surface area contributed by atoms with E-state index in [-0.39, 0.29) is 37.2 Å². The van der Waals surface area contributed by atoms with Gasteiger partial charge in [-0.3, -0.25) is 9.59 Å². The quantitative estimate of drug-likeness (QED) is 0.678. The largest absolute Gasteiger partial charge is 0.466 e. The maximum Gasteiger partial charge on any atom is 0.302 e. The summed E-state index contributed by atoms with van der Waals surface area (Å²) in [5.74, 6) is -0.583. The van der Waals surface area contributed by atoms with E-state index in [2.05, 4.69) is 9.47 Å². The maximum absolute atomic E-state index is 10.2. The number of aliphatic hydroxyl groups is 2. The minimum absolute atomic E-state index is 0.0499. The number of hydrogen-bond donors (Lipinski definition) is 2. The Balaban J connectivity index is 0. The van der Waals surface area contributed by atoms with Crippen LogP contribution in [0, 0.1) is 5.92 Å². The summed E-state index contributed by atoms with van der Waals surface area (Å²) in [4.78, 5) is 20.4. The van der Waals surface area contributed by atoms with Crippen LogP contribution in [0.1, 0.15) is 34.1 Å². The van der Waals surface area contributed by atoms with Gasteiger partial charge in [0.2, 0.25) is 0 Å². The molecule has 0 aromatic carbocycles. The van der Waals surface area contributed by atoms with E-state index in [1.807, 2.05) is 13.8 Å². The fourth-order valence-electron chi connectivity index (χ4n) is 0.797. The van der Waals surface area contributed by atoms with Gasteiger partial charge in [0.1, 0.15) is 6.10 Å². The van der Waals surface area contributed by atoms with Gasteiger partial charge in [0.15, 0.2) is 0 Å². The molecule has 0 spiro atoms. The van der Waals surface area contributed by atoms with Gasteiger partial charge in [0.25, 0.3) is 0 Å². The number of hydrogen-bond acceptors (Lipinski definition) is 6. The molecule has 0 heterocycles. The molecule has 0 aliphatic rings. The van der Waals surface area contributed by atoms with E-state index in [1.165, 1.54) is 13.8 Å². The summed E-state index contributed by atoms with van der Waals surface area (Å²) in [6.45, 7) is 6.63. The third-order valence-electron chi connectivity index (χ3n) is 1.87. The Morgan fingerprint density at radius 1 is 1.11 bits per heavy atom. The fraction of sp³-hybridized carbons (Fsp3) is 0.833. The first-order chi connectivity index (χ1) is 8.37. The molecule has 108 valence electrons. The molecule has 6 nitrogen and oxygen atoms in total. The number of esters is 2. The summed E-state index contributed by atoms with van der Waals surface area (Å²) in [6, 6.07) is 0. The first kappa shape index (κ1) is 19.2. The zero-order chi connectivity index (χ0) is 14.6. The van der Waals surface area contributed by atoms with Crippen molar-refractivity contribution < 1.29 is 29.3 Å². The average Bonchev–Trinajstić information content (AvgIpc) is 2.33. The van der Waals surface area contributed by atoms with E-state index in [1.54, 1.807) is 0 Å². The van der Waals surface area contributed by atoms with Crippen molar-refractivity contribution in [2.24, 2.45) is 5.92 Å². The lowest BCUT2D eigenvalue weighted by Gasteiger charge is -2.10. The fourth-order valence-corrected chi connectivity index (χ4v) is 0.797. The molecule has 2 unspecified atom stereocenters. The highest BCUT2D eigenvalue weighted by Crippen LogP contribution is 1.95. The predicted molar refractivity (Wildman–Crippen MR) is 65.8 cm³/mol. The normalized spacial score (nSPS) is 12.8. The summed E-state index contributed by atoms with van der Waals surface area (Å²) in [7, 11) is 0. The molecule has 0 radical (unpaired) electrons. The Labute approximate surface area is 108 Å². The molecule has 0 fully saturated rings. The van der Waals surface area contributed by atoms with Gasteiger partial charge in [-0.05, 0) is 6.42 Å². The molecular formula is C12H24O6. The van der Waals surface area contributed by atoms with Crippen molar-refractivity contribution in [3.05, 3.63) is 0 Å². The van der Waals surface area contributed by atoms with Crippen LogP contribution >= 0.6 is 0 Å². The minimum atomic E-state index is -0.337. The van der Waals surface area contributed by atoms with Crippen molar-refractivity contribution >= 4 is 11.9 Å². The molecule has 18 heavy (non-hydrogen) atoms. The first-order valence-electron chi connectivity index (χ1n) is 5.89. The Kier molecular flexibility index (Phi) is 13.1. The van der Waals surface area contributed by atoms with Crippen LogP contribution in [0.25, 0.3) is 0 Å². The second kappa shape index (κ2) is 12.3. The SMILES string of the molecule is CC(=O)OCC(C)CO.CCC(CO)OC(C)=O. The monoisotopic (exact) mass is 264 g/mol. The number of aliphatic hydroxyl groups excluding tert-OH is 2. The third-order valence-corrected chi connectivity index (χ3v) is 1.87. The van der Waals surface area contributed by atoms with Crippen LogP contribution in [-0.4, -0.2) is 48.1 Å². The van der Waals surface area contributed by atoms with E-state index in [9.17, 15) is 9.59 Å². The minimum Gasteiger partial charge on any atom is -0.466 e. The molecule has 0 saturated carbocycles. The summed E-state index contributed by atoms with van der Waals surface area (Å²) >= 11 is 0. The van der Waals surface area contributed by atoms with Crippen molar-refractivity contribution in [2.45, 2.75) is 40.2 Å². The van der Waals surface area contributed by atoms with Gasteiger partial charge in [-0.2, -0.15) is 0 Å². The van der Waals surface area contributed by atoms with Gasteiger partial charge in [0.05, 0.1) is 13.2 Å². The third kappa shape index (κ3) is 14.9. The van der Waals surface area contributed by atoms with Crippen molar-refractivity contribution in [2.75, 3.05) is 19.8 Å². The highest BCUT2D eigenvalue weighted by Gasteiger charge is 2.05. The Morgan fingerprint density at radius 2 is 1.67 bits per heavy atom. The Bertz CT molecular complexity index is 225. The van der Waals surface area contributed by atoms with Crippen LogP contribution in [-0.2, 0) is 19.1 Å². The van der Waals surface area contributed by atoms with Crippen LogP contribution in [0.4, 0.5) is 0 Å². The number of carbonyl (C=O) groups excluding carboxylic acids is 2. The van der Waals surface area contributed by atoms with E-state index >= 15 is 0 Å². The zero-order valence-corrected chi connectivity index (χ0v) is 11.5. The highest BCUT2D eigenvalue weighted by atomic mass is 16.5. The molecule has 0 amide bonds. The lowest BCUT2D eigenvalue weighted by molar-refractivity contribution is -0.148. The van der Waals surface area contributed by atoms with Gasteiger partial charge in [-0.25, -0.2) is 0 Å². The van der Waals surface area contributed by atoms with Crippen LogP contribution in [0.15, 0.2) is 0 Å². The van der Waals surface area contributed by atoms with E-state index in [4.69, 9.17) is 10.2 Å². The van der Waals surface area contributed by atoms with Crippen LogP contribution in [0.5, 0.6) is 0 Å². The predicted octanol–water partition coefficient (Wildman–Crippen LogP) is 0.498.